The van der Waals surface area contributed by atoms with Crippen LogP contribution < -0.4 is 11.4 Å². The van der Waals surface area contributed by atoms with E-state index in [4.69, 9.17) is 14.7 Å². The molecule has 0 fully saturated rings. The van der Waals surface area contributed by atoms with Gasteiger partial charge in [0.1, 0.15) is 11.2 Å². The first-order chi connectivity index (χ1) is 9.78. The smallest absolute Gasteiger partial charge is 0.243 e. The Morgan fingerprint density at radius 2 is 1.75 bits per heavy atom. The monoisotopic (exact) mass is 264 g/mol. The van der Waals surface area contributed by atoms with Gasteiger partial charge in [-0.15, -0.1) is 5.10 Å². The first-order valence-corrected chi connectivity index (χ1v) is 6.35. The third kappa shape index (κ3) is 1.39. The maximum absolute atomic E-state index is 5.79. The van der Waals surface area contributed by atoms with Crippen LogP contribution in [0.15, 0.2) is 56.6 Å². The van der Waals surface area contributed by atoms with E-state index < -0.39 is 0 Å². The van der Waals surface area contributed by atoms with E-state index in [-0.39, 0.29) is 0 Å². The van der Waals surface area contributed by atoms with Crippen molar-refractivity contribution in [2.24, 2.45) is 10.9 Å². The van der Waals surface area contributed by atoms with E-state index in [2.05, 4.69) is 11.2 Å². The van der Waals surface area contributed by atoms with Gasteiger partial charge in [-0.2, -0.15) is 0 Å². The van der Waals surface area contributed by atoms with Crippen LogP contribution in [-0.4, -0.2) is 0 Å². The summed E-state index contributed by atoms with van der Waals surface area (Å²) in [5.74, 6) is 5.43. The van der Waals surface area contributed by atoms with E-state index in [1.807, 2.05) is 37.3 Å². The Morgan fingerprint density at radius 1 is 0.950 bits per heavy atom. The maximum Gasteiger partial charge on any atom is 0.243 e. The van der Waals surface area contributed by atoms with Gasteiger partial charge in [-0.3, -0.25) is 0 Å². The molecule has 0 saturated heterocycles. The SMILES string of the molecule is Cc1coc2cc3oc(=NN)c4ccccc4c3cc12. The van der Waals surface area contributed by atoms with Crippen LogP contribution in [0.1, 0.15) is 5.56 Å². The van der Waals surface area contributed by atoms with Crippen molar-refractivity contribution < 1.29 is 8.83 Å². The highest BCUT2D eigenvalue weighted by molar-refractivity contribution is 6.08. The number of furan rings is 1. The van der Waals surface area contributed by atoms with Gasteiger partial charge in [0.15, 0.2) is 0 Å². The lowest BCUT2D eigenvalue weighted by Gasteiger charge is -2.04. The van der Waals surface area contributed by atoms with Crippen molar-refractivity contribution in [3.05, 3.63) is 53.8 Å². The van der Waals surface area contributed by atoms with E-state index >= 15 is 0 Å². The Labute approximate surface area is 114 Å². The zero-order valence-corrected chi connectivity index (χ0v) is 10.9. The van der Waals surface area contributed by atoms with Gasteiger partial charge in [0, 0.05) is 22.2 Å². The second kappa shape index (κ2) is 3.87. The Bertz CT molecular complexity index is 1030. The van der Waals surface area contributed by atoms with Gasteiger partial charge >= 0.3 is 0 Å². The van der Waals surface area contributed by atoms with Gasteiger partial charge in [0.05, 0.1) is 6.26 Å². The average molecular weight is 264 g/mol. The zero-order valence-electron chi connectivity index (χ0n) is 10.9. The number of aryl methyl sites for hydroxylation is 1. The van der Waals surface area contributed by atoms with Crippen LogP contribution in [0.3, 0.4) is 0 Å². The average Bonchev–Trinajstić information content (AvgIpc) is 2.85. The molecule has 0 unspecified atom stereocenters. The molecular formula is C16H12N2O2. The van der Waals surface area contributed by atoms with Crippen molar-refractivity contribution in [2.75, 3.05) is 0 Å². The molecule has 2 heterocycles. The summed E-state index contributed by atoms with van der Waals surface area (Å²) in [4.78, 5) is 0. The molecule has 0 aliphatic rings. The molecule has 98 valence electrons. The highest BCUT2D eigenvalue weighted by atomic mass is 16.3. The normalized spacial score (nSPS) is 12.8. The number of fused-ring (bicyclic) bond motifs is 4. The van der Waals surface area contributed by atoms with Crippen molar-refractivity contribution in [3.63, 3.8) is 0 Å². The number of nitrogens with two attached hydrogens (primary N) is 1. The Kier molecular flexibility index (Phi) is 2.15. The molecule has 2 aromatic carbocycles. The molecule has 0 atom stereocenters. The third-order valence-corrected chi connectivity index (χ3v) is 3.64. The molecule has 20 heavy (non-hydrogen) atoms. The highest BCUT2D eigenvalue weighted by Crippen LogP contribution is 2.29. The number of rotatable bonds is 0. The quantitative estimate of drug-likeness (QED) is 0.301. The molecule has 4 nitrogen and oxygen atoms in total. The van der Waals surface area contributed by atoms with E-state index in [0.29, 0.717) is 5.55 Å². The van der Waals surface area contributed by atoms with Crippen molar-refractivity contribution in [1.29, 1.82) is 0 Å². The lowest BCUT2D eigenvalue weighted by atomic mass is 10.1. The molecule has 0 radical (unpaired) electrons. The minimum Gasteiger partial charge on any atom is -0.464 e. The molecule has 0 saturated carbocycles. The number of hydrogen-bond acceptors (Lipinski definition) is 4. The summed E-state index contributed by atoms with van der Waals surface area (Å²) in [5.41, 5.74) is 3.06. The standard InChI is InChI=1S/C16H12N2O2/c1-9-8-19-14-7-15-13(6-12(9)14)10-4-2-3-5-11(10)16(18-17)20-15/h2-8H,17H2,1H3. The second-order valence-electron chi connectivity index (χ2n) is 4.85. The van der Waals surface area contributed by atoms with E-state index in [1.54, 1.807) is 6.26 Å². The summed E-state index contributed by atoms with van der Waals surface area (Å²) >= 11 is 0. The molecular weight excluding hydrogens is 252 g/mol. The number of hydrogen-bond donors (Lipinski definition) is 1. The Balaban J connectivity index is 2.33. The van der Waals surface area contributed by atoms with Crippen molar-refractivity contribution in [2.45, 2.75) is 6.92 Å². The summed E-state index contributed by atoms with van der Waals surface area (Å²) in [5, 5.41) is 7.84. The van der Waals surface area contributed by atoms with E-state index in [1.165, 1.54) is 0 Å². The molecule has 0 spiro atoms. The van der Waals surface area contributed by atoms with Gasteiger partial charge in [-0.05, 0) is 30.0 Å². The Morgan fingerprint density at radius 3 is 2.55 bits per heavy atom. The second-order valence-corrected chi connectivity index (χ2v) is 4.85. The summed E-state index contributed by atoms with van der Waals surface area (Å²) in [7, 11) is 0. The molecule has 0 bridgehead atoms. The van der Waals surface area contributed by atoms with Crippen LogP contribution in [0, 0.1) is 6.92 Å². The van der Waals surface area contributed by atoms with Gasteiger partial charge < -0.3 is 14.7 Å². The Hall–Kier alpha value is -2.75. The minimum atomic E-state index is 0.427. The first-order valence-electron chi connectivity index (χ1n) is 6.35. The van der Waals surface area contributed by atoms with E-state index in [0.717, 1.165) is 38.3 Å². The number of benzene rings is 2. The van der Waals surface area contributed by atoms with Gasteiger partial charge in [0.2, 0.25) is 5.55 Å². The molecule has 4 heteroatoms. The summed E-state index contributed by atoms with van der Waals surface area (Å²) < 4.78 is 11.3. The van der Waals surface area contributed by atoms with Crippen LogP contribution in [0.2, 0.25) is 0 Å². The summed E-state index contributed by atoms with van der Waals surface area (Å²) in [6.45, 7) is 2.03. The van der Waals surface area contributed by atoms with Gasteiger partial charge in [-0.1, -0.05) is 18.2 Å². The lowest BCUT2D eigenvalue weighted by molar-refractivity contribution is 0.545. The lowest BCUT2D eigenvalue weighted by Crippen LogP contribution is -2.06. The fourth-order valence-electron chi connectivity index (χ4n) is 2.64. The maximum atomic E-state index is 5.79. The fourth-order valence-corrected chi connectivity index (χ4v) is 2.64. The van der Waals surface area contributed by atoms with Crippen molar-refractivity contribution >= 4 is 32.7 Å². The molecule has 0 aliphatic carbocycles. The van der Waals surface area contributed by atoms with Gasteiger partial charge in [0.25, 0.3) is 0 Å². The minimum absolute atomic E-state index is 0.427. The third-order valence-electron chi connectivity index (χ3n) is 3.64. The topological polar surface area (TPSA) is 64.7 Å². The molecule has 4 rings (SSSR count). The molecule has 2 aromatic heterocycles. The zero-order chi connectivity index (χ0) is 13.7. The molecule has 4 aromatic rings. The van der Waals surface area contributed by atoms with Crippen LogP contribution in [0.4, 0.5) is 0 Å². The van der Waals surface area contributed by atoms with Crippen molar-refractivity contribution in [1.82, 2.24) is 0 Å². The molecule has 0 aliphatic heterocycles. The molecule has 2 N–H and O–H groups in total. The van der Waals surface area contributed by atoms with Crippen molar-refractivity contribution in [3.8, 4) is 0 Å². The molecule has 0 amide bonds. The van der Waals surface area contributed by atoms with Gasteiger partial charge in [-0.25, -0.2) is 0 Å². The predicted molar refractivity (Wildman–Crippen MR) is 78.0 cm³/mol. The fraction of sp³-hybridized carbons (Fsp3) is 0.0625. The van der Waals surface area contributed by atoms with Crippen LogP contribution >= 0.6 is 0 Å². The summed E-state index contributed by atoms with van der Waals surface area (Å²) in [6, 6.07) is 11.9. The van der Waals surface area contributed by atoms with Crippen LogP contribution in [0.5, 0.6) is 0 Å². The van der Waals surface area contributed by atoms with Crippen LogP contribution in [0.25, 0.3) is 32.7 Å². The summed E-state index contributed by atoms with van der Waals surface area (Å²) in [6.07, 6.45) is 1.75. The highest BCUT2D eigenvalue weighted by Gasteiger charge is 2.10. The number of nitrogens with zero attached hydrogens (tertiary/aromatic N) is 1. The predicted octanol–water partition coefficient (Wildman–Crippen LogP) is 3.42. The largest absolute Gasteiger partial charge is 0.464 e. The first kappa shape index (κ1) is 11.1. The van der Waals surface area contributed by atoms with E-state index in [9.17, 15) is 0 Å². The van der Waals surface area contributed by atoms with Crippen LogP contribution in [-0.2, 0) is 0 Å².